The van der Waals surface area contributed by atoms with Crippen molar-refractivity contribution in [3.8, 4) is 0 Å². The first kappa shape index (κ1) is 15.5. The van der Waals surface area contributed by atoms with Crippen molar-refractivity contribution in [2.45, 2.75) is 49.8 Å². The third kappa shape index (κ3) is 3.05. The van der Waals surface area contributed by atoms with Gasteiger partial charge < -0.3 is 15.3 Å². The Labute approximate surface area is 124 Å². The Balaban J connectivity index is 1.88. The summed E-state index contributed by atoms with van der Waals surface area (Å²) in [4.78, 5) is 25.0. The fourth-order valence-electron chi connectivity index (χ4n) is 3.37. The first-order valence-corrected chi connectivity index (χ1v) is 8.54. The molecular formula is C14H24N2O3S. The van der Waals surface area contributed by atoms with Gasteiger partial charge in [0.15, 0.2) is 0 Å². The Kier molecular flexibility index (Phi) is 4.83. The van der Waals surface area contributed by atoms with Crippen LogP contribution in [0, 0.1) is 5.92 Å². The lowest BCUT2D eigenvalue weighted by Gasteiger charge is -2.30. The zero-order valence-electron chi connectivity index (χ0n) is 12.2. The number of nitrogens with one attached hydrogen (secondary N) is 1. The number of carbonyl (C=O) groups is 2. The van der Waals surface area contributed by atoms with Crippen molar-refractivity contribution in [3.05, 3.63) is 0 Å². The molecule has 2 atom stereocenters. The predicted octanol–water partition coefficient (Wildman–Crippen LogP) is 2.17. The molecule has 0 bridgehead atoms. The van der Waals surface area contributed by atoms with E-state index in [0.29, 0.717) is 19.5 Å². The second-order valence-electron chi connectivity index (χ2n) is 5.92. The highest BCUT2D eigenvalue weighted by Gasteiger charge is 2.39. The molecule has 1 saturated heterocycles. The van der Waals surface area contributed by atoms with Crippen molar-refractivity contribution < 1.29 is 14.7 Å². The Morgan fingerprint density at radius 3 is 2.55 bits per heavy atom. The molecule has 20 heavy (non-hydrogen) atoms. The molecule has 2 unspecified atom stereocenters. The fourth-order valence-corrected chi connectivity index (χ4v) is 4.28. The summed E-state index contributed by atoms with van der Waals surface area (Å²) in [5.74, 6) is -1.23. The van der Waals surface area contributed by atoms with Crippen LogP contribution in [0.15, 0.2) is 0 Å². The first-order chi connectivity index (χ1) is 9.49. The van der Waals surface area contributed by atoms with E-state index in [1.54, 1.807) is 4.90 Å². The van der Waals surface area contributed by atoms with Crippen LogP contribution in [0.2, 0.25) is 0 Å². The summed E-state index contributed by atoms with van der Waals surface area (Å²) in [6.45, 7) is 3.05. The molecule has 1 aliphatic heterocycles. The molecule has 1 aliphatic carbocycles. The molecule has 2 fully saturated rings. The summed E-state index contributed by atoms with van der Waals surface area (Å²) >= 11 is 1.84. The number of aliphatic carboxylic acids is 1. The third-order valence-electron chi connectivity index (χ3n) is 4.84. The summed E-state index contributed by atoms with van der Waals surface area (Å²) in [6.07, 6.45) is 7.44. The molecular weight excluding hydrogens is 276 g/mol. The molecule has 6 heteroatoms. The number of carboxylic acids is 1. The first-order valence-electron chi connectivity index (χ1n) is 7.31. The summed E-state index contributed by atoms with van der Waals surface area (Å²) in [7, 11) is 0. The van der Waals surface area contributed by atoms with Crippen molar-refractivity contribution >= 4 is 23.8 Å². The highest BCUT2D eigenvalue weighted by molar-refractivity contribution is 8.00. The van der Waals surface area contributed by atoms with Gasteiger partial charge in [-0.15, -0.1) is 0 Å². The number of carbonyl (C=O) groups excluding carboxylic acids is 1. The van der Waals surface area contributed by atoms with Crippen molar-refractivity contribution in [2.75, 3.05) is 19.3 Å². The maximum absolute atomic E-state index is 12.3. The van der Waals surface area contributed by atoms with Crippen LogP contribution in [0.3, 0.4) is 0 Å². The van der Waals surface area contributed by atoms with Gasteiger partial charge in [0.1, 0.15) is 0 Å². The Morgan fingerprint density at radius 1 is 1.40 bits per heavy atom. The number of hydrogen-bond acceptors (Lipinski definition) is 3. The quantitative estimate of drug-likeness (QED) is 0.835. The number of carboxylic acid groups (broad SMARTS) is 1. The largest absolute Gasteiger partial charge is 0.481 e. The highest BCUT2D eigenvalue weighted by atomic mass is 32.2. The molecule has 2 N–H and O–H groups in total. The Hall–Kier alpha value is -0.910. The lowest BCUT2D eigenvalue weighted by Crippen LogP contribution is -2.47. The van der Waals surface area contributed by atoms with Crippen LogP contribution in [-0.2, 0) is 4.79 Å². The van der Waals surface area contributed by atoms with Gasteiger partial charge in [-0.1, -0.05) is 12.8 Å². The fraction of sp³-hybridized carbons (Fsp3) is 0.857. The zero-order valence-corrected chi connectivity index (χ0v) is 13.0. The standard InChI is InChI=1S/C14H24N2O3S/c1-10-11(12(17)18)5-8-16(10)13(19)15-9-14(20-2)6-3-4-7-14/h10-11H,3-9H2,1-2H3,(H,15,19)(H,17,18). The average Bonchev–Trinajstić information content (AvgIpc) is 3.03. The minimum atomic E-state index is -0.802. The van der Waals surface area contributed by atoms with E-state index >= 15 is 0 Å². The number of amides is 2. The van der Waals surface area contributed by atoms with E-state index in [4.69, 9.17) is 5.11 Å². The lowest BCUT2D eigenvalue weighted by atomic mass is 10.0. The van der Waals surface area contributed by atoms with E-state index < -0.39 is 11.9 Å². The van der Waals surface area contributed by atoms with Crippen LogP contribution in [0.25, 0.3) is 0 Å². The topological polar surface area (TPSA) is 69.6 Å². The molecule has 1 saturated carbocycles. The van der Waals surface area contributed by atoms with Crippen LogP contribution in [0.4, 0.5) is 4.79 Å². The zero-order chi connectivity index (χ0) is 14.8. The maximum atomic E-state index is 12.3. The number of urea groups is 1. The highest BCUT2D eigenvalue weighted by Crippen LogP contribution is 2.39. The number of rotatable bonds is 4. The van der Waals surface area contributed by atoms with Gasteiger partial charge >= 0.3 is 12.0 Å². The van der Waals surface area contributed by atoms with Crippen molar-refractivity contribution in [2.24, 2.45) is 5.92 Å². The summed E-state index contributed by atoms with van der Waals surface area (Å²) in [6, 6.07) is -0.331. The number of likely N-dealkylation sites (tertiary alicyclic amines) is 1. The van der Waals surface area contributed by atoms with Crippen molar-refractivity contribution in [1.29, 1.82) is 0 Å². The monoisotopic (exact) mass is 300 g/mol. The van der Waals surface area contributed by atoms with Gasteiger partial charge in [0.2, 0.25) is 0 Å². The third-order valence-corrected chi connectivity index (χ3v) is 6.26. The molecule has 1 heterocycles. The molecule has 0 aromatic carbocycles. The number of hydrogen-bond donors (Lipinski definition) is 2. The molecule has 2 aliphatic rings. The van der Waals surface area contributed by atoms with Gasteiger partial charge in [-0.05, 0) is 32.4 Å². The maximum Gasteiger partial charge on any atom is 0.317 e. The van der Waals surface area contributed by atoms with Gasteiger partial charge in [0.05, 0.1) is 5.92 Å². The van der Waals surface area contributed by atoms with Crippen molar-refractivity contribution in [1.82, 2.24) is 10.2 Å². The molecule has 0 radical (unpaired) electrons. The van der Waals surface area contributed by atoms with Crippen LogP contribution in [0.1, 0.15) is 39.0 Å². The van der Waals surface area contributed by atoms with Crippen LogP contribution in [-0.4, -0.2) is 52.1 Å². The van der Waals surface area contributed by atoms with E-state index in [2.05, 4.69) is 11.6 Å². The van der Waals surface area contributed by atoms with Crippen LogP contribution in [0.5, 0.6) is 0 Å². The van der Waals surface area contributed by atoms with Gasteiger partial charge in [-0.2, -0.15) is 11.8 Å². The molecule has 114 valence electrons. The SMILES string of the molecule is CSC1(CNC(=O)N2CCC(C(=O)O)C2C)CCCC1. The Morgan fingerprint density at radius 2 is 2.05 bits per heavy atom. The molecule has 2 rings (SSSR count). The summed E-state index contributed by atoms with van der Waals surface area (Å²) in [5.41, 5.74) is 0. The van der Waals surface area contributed by atoms with E-state index in [9.17, 15) is 9.59 Å². The number of nitrogens with zero attached hydrogens (tertiary/aromatic N) is 1. The molecule has 5 nitrogen and oxygen atoms in total. The summed E-state index contributed by atoms with van der Waals surface area (Å²) in [5, 5.41) is 12.1. The normalized spacial score (nSPS) is 28.6. The average molecular weight is 300 g/mol. The van der Waals surface area contributed by atoms with Gasteiger partial charge in [-0.3, -0.25) is 4.79 Å². The smallest absolute Gasteiger partial charge is 0.317 e. The van der Waals surface area contributed by atoms with Crippen molar-refractivity contribution in [3.63, 3.8) is 0 Å². The lowest BCUT2D eigenvalue weighted by molar-refractivity contribution is -0.142. The summed E-state index contributed by atoms with van der Waals surface area (Å²) < 4.78 is 0.185. The van der Waals surface area contributed by atoms with E-state index in [-0.39, 0.29) is 16.8 Å². The predicted molar refractivity (Wildman–Crippen MR) is 80.0 cm³/mol. The Bertz CT molecular complexity index is 383. The number of thioether (sulfide) groups is 1. The van der Waals surface area contributed by atoms with E-state index in [1.807, 2.05) is 18.7 Å². The van der Waals surface area contributed by atoms with Gasteiger partial charge in [-0.25, -0.2) is 4.79 Å². The van der Waals surface area contributed by atoms with E-state index in [0.717, 1.165) is 12.8 Å². The molecule has 0 spiro atoms. The molecule has 0 aromatic heterocycles. The minimum absolute atomic E-state index is 0.110. The van der Waals surface area contributed by atoms with Gasteiger partial charge in [0.25, 0.3) is 0 Å². The second-order valence-corrected chi connectivity index (χ2v) is 7.19. The minimum Gasteiger partial charge on any atom is -0.481 e. The van der Waals surface area contributed by atoms with Crippen LogP contribution >= 0.6 is 11.8 Å². The molecule has 0 aromatic rings. The van der Waals surface area contributed by atoms with Gasteiger partial charge in [0, 0.05) is 23.9 Å². The molecule has 2 amide bonds. The second kappa shape index (κ2) is 6.24. The van der Waals surface area contributed by atoms with Crippen LogP contribution < -0.4 is 5.32 Å². The van der Waals surface area contributed by atoms with E-state index in [1.165, 1.54) is 12.8 Å².